The van der Waals surface area contributed by atoms with Crippen LogP contribution in [0.5, 0.6) is 0 Å². The molecule has 8 nitrogen and oxygen atoms in total. The second kappa shape index (κ2) is 5.55. The van der Waals surface area contributed by atoms with E-state index in [9.17, 15) is 24.3 Å². The Kier molecular flexibility index (Phi) is 3.97. The predicted molar refractivity (Wildman–Crippen MR) is 72.9 cm³/mol. The normalized spacial score (nSPS) is 22.0. The van der Waals surface area contributed by atoms with Gasteiger partial charge in [0.25, 0.3) is 5.56 Å². The van der Waals surface area contributed by atoms with Gasteiger partial charge < -0.3 is 10.0 Å². The number of carbonyl (C=O) groups excluding carboxylic acids is 1. The molecular formula is C13H17N3O5. The summed E-state index contributed by atoms with van der Waals surface area (Å²) < 4.78 is 1.09. The maximum absolute atomic E-state index is 12.2. The lowest BCUT2D eigenvalue weighted by atomic mass is 9.82. The van der Waals surface area contributed by atoms with Gasteiger partial charge in [0, 0.05) is 25.4 Å². The quantitative estimate of drug-likeness (QED) is 0.762. The van der Waals surface area contributed by atoms with Crippen molar-refractivity contribution < 1.29 is 14.7 Å². The average Bonchev–Trinajstić information content (AvgIpc) is 2.41. The molecule has 1 saturated heterocycles. The zero-order chi connectivity index (χ0) is 15.6. The van der Waals surface area contributed by atoms with Crippen molar-refractivity contribution in [2.45, 2.75) is 26.3 Å². The molecule has 0 radical (unpaired) electrons. The fourth-order valence-electron chi connectivity index (χ4n) is 2.44. The summed E-state index contributed by atoms with van der Waals surface area (Å²) in [6.07, 6.45) is 2.37. The Balaban J connectivity index is 2.11. The van der Waals surface area contributed by atoms with Crippen LogP contribution in [0.15, 0.2) is 21.9 Å². The fraction of sp³-hybridized carbons (Fsp3) is 0.538. The molecule has 2 rings (SSSR count). The molecule has 1 unspecified atom stereocenters. The smallest absolute Gasteiger partial charge is 0.328 e. The zero-order valence-electron chi connectivity index (χ0n) is 11.7. The molecule has 1 aromatic rings. The number of nitrogens with zero attached hydrogens (tertiary/aromatic N) is 2. The van der Waals surface area contributed by atoms with Crippen molar-refractivity contribution in [3.8, 4) is 0 Å². The number of amides is 1. The van der Waals surface area contributed by atoms with Gasteiger partial charge >= 0.3 is 11.7 Å². The Morgan fingerprint density at radius 2 is 2.14 bits per heavy atom. The number of aromatic nitrogens is 2. The van der Waals surface area contributed by atoms with E-state index in [4.69, 9.17) is 0 Å². The molecule has 1 fully saturated rings. The number of piperidine rings is 1. The summed E-state index contributed by atoms with van der Waals surface area (Å²) in [5.74, 6) is -1.27. The first kappa shape index (κ1) is 15.0. The third kappa shape index (κ3) is 3.21. The minimum Gasteiger partial charge on any atom is -0.481 e. The highest BCUT2D eigenvalue weighted by Gasteiger charge is 2.39. The van der Waals surface area contributed by atoms with E-state index in [0.29, 0.717) is 19.4 Å². The lowest BCUT2D eigenvalue weighted by Crippen LogP contribution is -2.49. The second-order valence-electron chi connectivity index (χ2n) is 5.52. The molecule has 0 saturated carbocycles. The Bertz CT molecular complexity index is 677. The van der Waals surface area contributed by atoms with Gasteiger partial charge in [0.05, 0.1) is 5.41 Å². The van der Waals surface area contributed by atoms with E-state index in [-0.39, 0.29) is 19.0 Å². The van der Waals surface area contributed by atoms with E-state index in [1.165, 1.54) is 11.1 Å². The van der Waals surface area contributed by atoms with Crippen molar-refractivity contribution in [3.63, 3.8) is 0 Å². The van der Waals surface area contributed by atoms with Gasteiger partial charge in [0.2, 0.25) is 5.91 Å². The van der Waals surface area contributed by atoms with Crippen LogP contribution in [0, 0.1) is 5.41 Å². The molecule has 21 heavy (non-hydrogen) atoms. The number of carbonyl (C=O) groups is 2. The fourth-order valence-corrected chi connectivity index (χ4v) is 2.44. The van der Waals surface area contributed by atoms with Crippen molar-refractivity contribution in [2.75, 3.05) is 13.1 Å². The number of aromatic amines is 1. The summed E-state index contributed by atoms with van der Waals surface area (Å²) in [4.78, 5) is 49.5. The standard InChI is InChI=1S/C13H17N3O5/c1-13(11(19)20)4-2-5-16(8-13)10(18)7-15-6-3-9(17)14-12(15)21/h3,6H,2,4-5,7-8H2,1H3,(H,19,20)(H,14,17,21). The number of nitrogens with one attached hydrogen (secondary N) is 1. The molecule has 1 aliphatic heterocycles. The van der Waals surface area contributed by atoms with Crippen LogP contribution < -0.4 is 11.2 Å². The third-order valence-corrected chi connectivity index (χ3v) is 3.77. The van der Waals surface area contributed by atoms with Crippen molar-refractivity contribution >= 4 is 11.9 Å². The second-order valence-corrected chi connectivity index (χ2v) is 5.52. The van der Waals surface area contributed by atoms with E-state index < -0.39 is 22.6 Å². The highest BCUT2D eigenvalue weighted by Crippen LogP contribution is 2.29. The molecule has 0 aromatic carbocycles. The topological polar surface area (TPSA) is 112 Å². The van der Waals surface area contributed by atoms with Crippen LogP contribution in [0.3, 0.4) is 0 Å². The van der Waals surface area contributed by atoms with Crippen molar-refractivity contribution in [2.24, 2.45) is 5.41 Å². The van der Waals surface area contributed by atoms with Crippen LogP contribution in [0.2, 0.25) is 0 Å². The maximum atomic E-state index is 12.2. The van der Waals surface area contributed by atoms with Crippen LogP contribution in [0.4, 0.5) is 0 Å². The van der Waals surface area contributed by atoms with Gasteiger partial charge in [-0.2, -0.15) is 0 Å². The molecule has 1 atom stereocenters. The number of aliphatic carboxylic acids is 1. The molecule has 0 aliphatic carbocycles. The van der Waals surface area contributed by atoms with Crippen molar-refractivity contribution in [1.29, 1.82) is 0 Å². The van der Waals surface area contributed by atoms with E-state index in [1.54, 1.807) is 6.92 Å². The van der Waals surface area contributed by atoms with Crippen LogP contribution in [0.25, 0.3) is 0 Å². The Hall–Kier alpha value is -2.38. The average molecular weight is 295 g/mol. The summed E-state index contributed by atoms with van der Waals surface area (Å²) in [6.45, 7) is 1.99. The van der Waals surface area contributed by atoms with Crippen molar-refractivity contribution in [3.05, 3.63) is 33.1 Å². The highest BCUT2D eigenvalue weighted by molar-refractivity contribution is 5.79. The number of rotatable bonds is 3. The van der Waals surface area contributed by atoms with Gasteiger partial charge in [0.1, 0.15) is 6.54 Å². The summed E-state index contributed by atoms with van der Waals surface area (Å²) in [5.41, 5.74) is -2.14. The summed E-state index contributed by atoms with van der Waals surface area (Å²) in [6, 6.07) is 1.16. The van der Waals surface area contributed by atoms with Gasteiger partial charge in [-0.05, 0) is 19.8 Å². The monoisotopic (exact) mass is 295 g/mol. The SMILES string of the molecule is CC1(C(=O)O)CCCN(C(=O)Cn2ccc(=O)[nH]c2=O)C1. The summed E-state index contributed by atoms with van der Waals surface area (Å²) in [7, 11) is 0. The maximum Gasteiger partial charge on any atom is 0.328 e. The Morgan fingerprint density at radius 1 is 1.43 bits per heavy atom. The first-order valence-electron chi connectivity index (χ1n) is 6.63. The van der Waals surface area contributed by atoms with Crippen LogP contribution in [0.1, 0.15) is 19.8 Å². The predicted octanol–water partition coefficient (Wildman–Crippen LogP) is -0.750. The van der Waals surface area contributed by atoms with E-state index in [1.807, 2.05) is 0 Å². The molecule has 0 bridgehead atoms. The van der Waals surface area contributed by atoms with Crippen LogP contribution in [-0.4, -0.2) is 44.5 Å². The lowest BCUT2D eigenvalue weighted by molar-refractivity contribution is -0.153. The number of carboxylic acid groups (broad SMARTS) is 1. The molecule has 8 heteroatoms. The van der Waals surface area contributed by atoms with E-state index in [2.05, 4.69) is 4.98 Å². The molecule has 114 valence electrons. The number of H-pyrrole nitrogens is 1. The summed E-state index contributed by atoms with van der Waals surface area (Å²) in [5, 5.41) is 9.23. The molecule has 2 N–H and O–H groups in total. The molecule has 0 spiro atoms. The van der Waals surface area contributed by atoms with Gasteiger partial charge in [-0.3, -0.25) is 23.9 Å². The zero-order valence-corrected chi connectivity index (χ0v) is 11.7. The number of hydrogen-bond donors (Lipinski definition) is 2. The largest absolute Gasteiger partial charge is 0.481 e. The van der Waals surface area contributed by atoms with E-state index >= 15 is 0 Å². The molecule has 1 aliphatic rings. The molecule has 2 heterocycles. The third-order valence-electron chi connectivity index (χ3n) is 3.77. The van der Waals surface area contributed by atoms with Gasteiger partial charge in [-0.1, -0.05) is 0 Å². The van der Waals surface area contributed by atoms with Gasteiger partial charge in [0.15, 0.2) is 0 Å². The van der Waals surface area contributed by atoms with Gasteiger partial charge in [-0.25, -0.2) is 4.79 Å². The van der Waals surface area contributed by atoms with Gasteiger partial charge in [-0.15, -0.1) is 0 Å². The minimum atomic E-state index is -0.954. The summed E-state index contributed by atoms with van der Waals surface area (Å²) >= 11 is 0. The Morgan fingerprint density at radius 3 is 2.76 bits per heavy atom. The number of hydrogen-bond acceptors (Lipinski definition) is 4. The number of likely N-dealkylation sites (tertiary alicyclic amines) is 1. The van der Waals surface area contributed by atoms with Crippen molar-refractivity contribution in [1.82, 2.24) is 14.5 Å². The first-order valence-corrected chi connectivity index (χ1v) is 6.63. The lowest BCUT2D eigenvalue weighted by Gasteiger charge is -2.37. The highest BCUT2D eigenvalue weighted by atomic mass is 16.4. The van der Waals surface area contributed by atoms with Crippen LogP contribution >= 0.6 is 0 Å². The number of carboxylic acids is 1. The van der Waals surface area contributed by atoms with E-state index in [0.717, 1.165) is 10.6 Å². The molecule has 1 amide bonds. The van der Waals surface area contributed by atoms with Crippen LogP contribution in [-0.2, 0) is 16.1 Å². The first-order chi connectivity index (χ1) is 9.82. The minimum absolute atomic E-state index is 0.124. The molecule has 1 aromatic heterocycles. The molecular weight excluding hydrogens is 278 g/mol. The Labute approximate surface area is 120 Å².